The second-order valence-electron chi connectivity index (χ2n) is 9.35. The number of halogens is 2. The molecule has 3 rings (SSSR count). The molecule has 6 nitrogen and oxygen atoms in total. The highest BCUT2D eigenvalue weighted by molar-refractivity contribution is 6.33. The zero-order valence-electron chi connectivity index (χ0n) is 19.2. The summed E-state index contributed by atoms with van der Waals surface area (Å²) < 4.78 is 13.7. The topological polar surface area (TPSA) is 98.5 Å². The van der Waals surface area contributed by atoms with E-state index < -0.39 is 11.8 Å². The van der Waals surface area contributed by atoms with E-state index in [0.717, 1.165) is 12.0 Å². The Hall–Kier alpha value is -2.19. The number of hydrogen-bond donors (Lipinski definition) is 3. The van der Waals surface area contributed by atoms with Gasteiger partial charge in [0.15, 0.2) is 0 Å². The third-order valence-corrected chi connectivity index (χ3v) is 6.24. The average molecular weight is 465 g/mol. The standard InChI is InChI=1S/C15H13ClFNO2.C9H19N2O/c1-9-5-6-13(10(7-9)8-14(19)20)18-15-11(16)3-2-4-12(15)17;1-8(2)5-7(6-10)9(3,4)11(8)12/h2-7,18H,8H2,1H3,(H,19,20);7H,5-6,10H2,1-4H3. The largest absolute Gasteiger partial charge is 0.481 e. The number of hydrogen-bond acceptors (Lipinski definition) is 4. The van der Waals surface area contributed by atoms with Crippen molar-refractivity contribution in [1.82, 2.24) is 5.06 Å². The highest BCUT2D eigenvalue weighted by Crippen LogP contribution is 2.43. The van der Waals surface area contributed by atoms with Crippen molar-refractivity contribution in [2.24, 2.45) is 11.7 Å². The molecule has 1 radical (unpaired) electrons. The van der Waals surface area contributed by atoms with Gasteiger partial charge in [-0.1, -0.05) is 35.4 Å². The highest BCUT2D eigenvalue weighted by atomic mass is 35.5. The van der Waals surface area contributed by atoms with Gasteiger partial charge in [-0.05, 0) is 77.3 Å². The summed E-state index contributed by atoms with van der Waals surface area (Å²) in [5.74, 6) is -1.11. The zero-order chi connectivity index (χ0) is 24.3. The molecule has 0 aliphatic carbocycles. The van der Waals surface area contributed by atoms with Gasteiger partial charge in [0.25, 0.3) is 0 Å². The van der Waals surface area contributed by atoms with Crippen molar-refractivity contribution in [2.75, 3.05) is 11.9 Å². The van der Waals surface area contributed by atoms with Crippen LogP contribution in [0, 0.1) is 18.7 Å². The first kappa shape index (κ1) is 26.1. The number of anilines is 2. The Kier molecular flexibility index (Phi) is 8.28. The number of hydroxylamine groups is 2. The van der Waals surface area contributed by atoms with Gasteiger partial charge in [0.05, 0.1) is 17.1 Å². The Morgan fingerprint density at radius 3 is 2.41 bits per heavy atom. The van der Waals surface area contributed by atoms with Crippen LogP contribution in [0.3, 0.4) is 0 Å². The lowest BCUT2D eigenvalue weighted by atomic mass is 9.87. The molecular weight excluding hydrogens is 433 g/mol. The monoisotopic (exact) mass is 464 g/mol. The Morgan fingerprint density at radius 1 is 1.28 bits per heavy atom. The van der Waals surface area contributed by atoms with Crippen molar-refractivity contribution < 1.29 is 19.5 Å². The van der Waals surface area contributed by atoms with E-state index in [9.17, 15) is 14.4 Å². The Bertz CT molecular complexity index is 945. The number of benzene rings is 2. The van der Waals surface area contributed by atoms with Gasteiger partial charge >= 0.3 is 5.97 Å². The lowest BCUT2D eigenvalue weighted by molar-refractivity contribution is -0.248. The summed E-state index contributed by atoms with van der Waals surface area (Å²) in [6.45, 7) is 10.4. The van der Waals surface area contributed by atoms with E-state index in [1.807, 2.05) is 40.7 Å². The van der Waals surface area contributed by atoms with Gasteiger partial charge in [0.1, 0.15) is 5.82 Å². The molecular formula is C24H32ClFN3O3. The molecule has 175 valence electrons. The van der Waals surface area contributed by atoms with Gasteiger partial charge < -0.3 is 16.2 Å². The molecule has 1 aliphatic rings. The Labute approximate surface area is 194 Å². The van der Waals surface area contributed by atoms with E-state index in [1.165, 1.54) is 17.2 Å². The van der Waals surface area contributed by atoms with Crippen LogP contribution >= 0.6 is 11.6 Å². The SMILES string of the molecule is CC1(C)CC(CN)C(C)(C)N1[O].Cc1ccc(Nc2c(F)cccc2Cl)c(CC(=O)O)c1. The van der Waals surface area contributed by atoms with Gasteiger partial charge in [-0.3, -0.25) is 4.79 Å². The Morgan fingerprint density at radius 2 is 1.94 bits per heavy atom. The number of aliphatic carboxylic acids is 1. The van der Waals surface area contributed by atoms with Crippen molar-refractivity contribution >= 4 is 28.9 Å². The van der Waals surface area contributed by atoms with E-state index in [0.29, 0.717) is 23.7 Å². The number of aryl methyl sites for hydroxylation is 1. The first-order valence-corrected chi connectivity index (χ1v) is 10.9. The van der Waals surface area contributed by atoms with Crippen LogP contribution in [0.15, 0.2) is 36.4 Å². The van der Waals surface area contributed by atoms with Crippen LogP contribution in [-0.4, -0.2) is 33.8 Å². The lowest BCUT2D eigenvalue weighted by Crippen LogP contribution is -2.47. The molecule has 32 heavy (non-hydrogen) atoms. The molecule has 1 atom stereocenters. The number of para-hydroxylation sites is 1. The maximum atomic E-state index is 13.7. The molecule has 1 unspecified atom stereocenters. The Balaban J connectivity index is 0.000000258. The minimum absolute atomic E-state index is 0.143. The quantitative estimate of drug-likeness (QED) is 0.555. The van der Waals surface area contributed by atoms with E-state index in [4.69, 9.17) is 22.4 Å². The molecule has 1 aliphatic heterocycles. The van der Waals surface area contributed by atoms with Gasteiger partial charge in [-0.25, -0.2) is 4.39 Å². The van der Waals surface area contributed by atoms with Crippen LogP contribution < -0.4 is 11.1 Å². The summed E-state index contributed by atoms with van der Waals surface area (Å²) in [5, 5.41) is 25.0. The van der Waals surface area contributed by atoms with Crippen LogP contribution in [0.5, 0.6) is 0 Å². The molecule has 0 saturated carbocycles. The summed E-state index contributed by atoms with van der Waals surface area (Å²) in [5.41, 5.74) is 7.28. The first-order valence-electron chi connectivity index (χ1n) is 10.5. The van der Waals surface area contributed by atoms with E-state index in [-0.39, 0.29) is 28.2 Å². The number of nitrogens with zero attached hydrogens (tertiary/aromatic N) is 1. The predicted octanol–water partition coefficient (Wildman–Crippen LogP) is 5.33. The maximum absolute atomic E-state index is 13.7. The van der Waals surface area contributed by atoms with Crippen molar-refractivity contribution in [2.45, 2.75) is 58.5 Å². The molecule has 1 saturated heterocycles. The van der Waals surface area contributed by atoms with E-state index >= 15 is 0 Å². The van der Waals surface area contributed by atoms with Crippen LogP contribution in [0.25, 0.3) is 0 Å². The smallest absolute Gasteiger partial charge is 0.307 e. The molecule has 2 aromatic carbocycles. The number of carbonyl (C=O) groups is 1. The summed E-state index contributed by atoms with van der Waals surface area (Å²) in [6, 6.07) is 9.66. The summed E-state index contributed by atoms with van der Waals surface area (Å²) in [7, 11) is 0. The first-order chi connectivity index (χ1) is 14.8. The van der Waals surface area contributed by atoms with E-state index in [1.54, 1.807) is 18.2 Å². The summed E-state index contributed by atoms with van der Waals surface area (Å²) in [6.07, 6.45) is 0.760. The normalized spacial score (nSPS) is 19.2. The predicted molar refractivity (Wildman–Crippen MR) is 125 cm³/mol. The number of nitrogens with two attached hydrogens (primary N) is 1. The van der Waals surface area contributed by atoms with Crippen LogP contribution in [0.2, 0.25) is 5.02 Å². The van der Waals surface area contributed by atoms with Crippen molar-refractivity contribution in [3.05, 3.63) is 58.4 Å². The van der Waals surface area contributed by atoms with Crippen LogP contribution in [0.4, 0.5) is 15.8 Å². The van der Waals surface area contributed by atoms with Crippen LogP contribution in [-0.2, 0) is 16.4 Å². The van der Waals surface area contributed by atoms with Gasteiger partial charge in [-0.15, -0.1) is 10.3 Å². The third-order valence-electron chi connectivity index (χ3n) is 5.93. The molecule has 0 spiro atoms. The molecule has 1 fully saturated rings. The summed E-state index contributed by atoms with van der Waals surface area (Å²) >= 11 is 5.95. The molecule has 0 bridgehead atoms. The van der Waals surface area contributed by atoms with Crippen molar-refractivity contribution in [3.63, 3.8) is 0 Å². The van der Waals surface area contributed by atoms with Crippen LogP contribution in [0.1, 0.15) is 45.2 Å². The maximum Gasteiger partial charge on any atom is 0.307 e. The lowest BCUT2D eigenvalue weighted by Gasteiger charge is -2.33. The number of carboxylic acids is 1. The third kappa shape index (κ3) is 5.98. The minimum Gasteiger partial charge on any atom is -0.481 e. The fraction of sp³-hybridized carbons (Fsp3) is 0.458. The molecule has 4 N–H and O–H groups in total. The number of carboxylic acid groups (broad SMARTS) is 1. The molecule has 0 amide bonds. The van der Waals surface area contributed by atoms with Gasteiger partial charge in [-0.2, -0.15) is 0 Å². The highest BCUT2D eigenvalue weighted by Gasteiger charge is 2.51. The fourth-order valence-electron chi connectivity index (χ4n) is 4.16. The second-order valence-corrected chi connectivity index (χ2v) is 9.76. The van der Waals surface area contributed by atoms with Gasteiger partial charge in [0, 0.05) is 16.8 Å². The zero-order valence-corrected chi connectivity index (χ0v) is 20.0. The number of nitrogens with one attached hydrogen (secondary N) is 1. The molecule has 8 heteroatoms. The fourth-order valence-corrected chi connectivity index (χ4v) is 4.37. The average Bonchev–Trinajstić information content (AvgIpc) is 2.85. The molecule has 1 heterocycles. The van der Waals surface area contributed by atoms with Gasteiger partial charge in [0.2, 0.25) is 0 Å². The molecule has 2 aromatic rings. The van der Waals surface area contributed by atoms with Crippen molar-refractivity contribution in [1.29, 1.82) is 0 Å². The number of rotatable bonds is 5. The second kappa shape index (κ2) is 10.2. The minimum atomic E-state index is -0.946. The van der Waals surface area contributed by atoms with E-state index in [2.05, 4.69) is 5.32 Å². The summed E-state index contributed by atoms with van der Waals surface area (Å²) in [4.78, 5) is 10.9. The molecule has 0 aromatic heterocycles. The van der Waals surface area contributed by atoms with Crippen molar-refractivity contribution in [3.8, 4) is 0 Å².